The third-order valence-corrected chi connectivity index (χ3v) is 11.7. The summed E-state index contributed by atoms with van der Waals surface area (Å²) in [5, 5.41) is 13.8. The van der Waals surface area contributed by atoms with Gasteiger partial charge in [-0.2, -0.15) is 0 Å². The van der Waals surface area contributed by atoms with Crippen LogP contribution in [0.2, 0.25) is 0 Å². The zero-order valence-electron chi connectivity index (χ0n) is 42.2. The number of phosphoric ester groups is 1. The van der Waals surface area contributed by atoms with Crippen molar-refractivity contribution in [3.8, 4) is 0 Å². The van der Waals surface area contributed by atoms with Gasteiger partial charge in [0.05, 0.1) is 39.9 Å². The average molecular weight is 926 g/mol. The van der Waals surface area contributed by atoms with Gasteiger partial charge >= 0.3 is 7.82 Å². The van der Waals surface area contributed by atoms with Crippen LogP contribution >= 0.6 is 7.82 Å². The van der Waals surface area contributed by atoms with Crippen LogP contribution in [0, 0.1) is 0 Å². The molecule has 3 N–H and O–H groups in total. The fourth-order valence-corrected chi connectivity index (χ4v) is 7.44. The minimum absolute atomic E-state index is 0.0523. The van der Waals surface area contributed by atoms with Gasteiger partial charge in [0, 0.05) is 6.42 Å². The van der Waals surface area contributed by atoms with Gasteiger partial charge in [0.2, 0.25) is 5.91 Å². The van der Waals surface area contributed by atoms with Gasteiger partial charge in [-0.05, 0) is 83.5 Å². The Kier molecular flexibility index (Phi) is 44.3. The molecule has 0 saturated carbocycles. The predicted octanol–water partition coefficient (Wildman–Crippen LogP) is 15.3. The molecule has 0 aliphatic carbocycles. The number of rotatable bonds is 45. The monoisotopic (exact) mass is 926 g/mol. The van der Waals surface area contributed by atoms with Crippen molar-refractivity contribution in [2.45, 2.75) is 199 Å². The maximum absolute atomic E-state index is 12.9. The summed E-state index contributed by atoms with van der Waals surface area (Å²) in [5.74, 6) is -0.198. The molecule has 0 aromatic rings. The smallest absolute Gasteiger partial charge is 0.387 e. The van der Waals surface area contributed by atoms with Gasteiger partial charge in [0.25, 0.3) is 0 Å². The lowest BCUT2D eigenvalue weighted by Crippen LogP contribution is -2.45. The summed E-state index contributed by atoms with van der Waals surface area (Å²) in [7, 11) is 1.54. The van der Waals surface area contributed by atoms with Crippen LogP contribution in [0.15, 0.2) is 109 Å². The largest absolute Gasteiger partial charge is 0.472 e. The number of phosphoric acid groups is 1. The number of nitrogens with one attached hydrogen (secondary N) is 1. The number of quaternary nitrogens is 1. The number of carbonyl (C=O) groups is 1. The highest BCUT2D eigenvalue weighted by Crippen LogP contribution is 2.43. The Labute approximate surface area is 400 Å². The molecule has 0 saturated heterocycles. The van der Waals surface area contributed by atoms with Gasteiger partial charge in [0.15, 0.2) is 0 Å². The summed E-state index contributed by atoms with van der Waals surface area (Å²) in [6, 6.07) is -0.861. The molecule has 3 unspecified atom stereocenters. The van der Waals surface area contributed by atoms with E-state index in [1.165, 1.54) is 64.2 Å². The van der Waals surface area contributed by atoms with E-state index < -0.39 is 20.0 Å². The third kappa shape index (κ3) is 48.9. The zero-order chi connectivity index (χ0) is 47.8. The van der Waals surface area contributed by atoms with Crippen LogP contribution in [0.3, 0.4) is 0 Å². The van der Waals surface area contributed by atoms with Crippen LogP contribution in [-0.2, 0) is 18.4 Å². The Morgan fingerprint density at radius 2 is 0.923 bits per heavy atom. The van der Waals surface area contributed by atoms with E-state index in [1.807, 2.05) is 27.2 Å². The Bertz CT molecular complexity index is 1420. The molecule has 1 amide bonds. The molecule has 0 bridgehead atoms. The lowest BCUT2D eigenvalue weighted by atomic mass is 10.1. The Balaban J connectivity index is 4.26. The number of carbonyl (C=O) groups excluding carboxylic acids is 1. The van der Waals surface area contributed by atoms with Crippen molar-refractivity contribution in [2.75, 3.05) is 40.9 Å². The van der Waals surface area contributed by atoms with Crippen LogP contribution in [-0.4, -0.2) is 73.4 Å². The molecule has 0 heterocycles. The summed E-state index contributed by atoms with van der Waals surface area (Å²) >= 11 is 0. The van der Waals surface area contributed by atoms with Crippen molar-refractivity contribution >= 4 is 13.7 Å². The molecule has 65 heavy (non-hydrogen) atoms. The molecule has 0 aliphatic heterocycles. The molecule has 0 spiro atoms. The van der Waals surface area contributed by atoms with E-state index in [4.69, 9.17) is 9.05 Å². The Morgan fingerprint density at radius 1 is 0.538 bits per heavy atom. The number of nitrogens with zero attached hydrogens (tertiary/aromatic N) is 1. The van der Waals surface area contributed by atoms with Gasteiger partial charge < -0.3 is 19.8 Å². The fourth-order valence-electron chi connectivity index (χ4n) is 6.70. The first-order valence-corrected chi connectivity index (χ1v) is 27.3. The molecule has 9 heteroatoms. The maximum Gasteiger partial charge on any atom is 0.472 e. The number of hydrogen-bond donors (Lipinski definition) is 3. The second-order valence-electron chi connectivity index (χ2n) is 18.2. The molecule has 0 aliphatic rings. The number of allylic oxidation sites excluding steroid dienone is 17. The molecule has 0 radical (unpaired) electrons. The molecule has 0 aromatic carbocycles. The summed E-state index contributed by atoms with van der Waals surface area (Å²) in [6.07, 6.45) is 67.4. The molecule has 372 valence electrons. The fraction of sp³-hybridized carbons (Fsp3) is 0.661. The Morgan fingerprint density at radius 3 is 1.35 bits per heavy atom. The number of aliphatic hydroxyl groups is 1. The molecule has 8 nitrogen and oxygen atoms in total. The van der Waals surface area contributed by atoms with Gasteiger partial charge in [0.1, 0.15) is 13.2 Å². The van der Waals surface area contributed by atoms with Crippen LogP contribution in [0.25, 0.3) is 0 Å². The van der Waals surface area contributed by atoms with Crippen molar-refractivity contribution in [1.29, 1.82) is 0 Å². The third-order valence-electron chi connectivity index (χ3n) is 10.7. The highest BCUT2D eigenvalue weighted by Gasteiger charge is 2.27. The van der Waals surface area contributed by atoms with Gasteiger partial charge in [-0.25, -0.2) is 4.57 Å². The minimum Gasteiger partial charge on any atom is -0.387 e. The van der Waals surface area contributed by atoms with E-state index in [-0.39, 0.29) is 19.1 Å². The van der Waals surface area contributed by atoms with Gasteiger partial charge in [-0.1, -0.05) is 207 Å². The molecular formula is C56H98N2O6P+. The van der Waals surface area contributed by atoms with E-state index in [0.29, 0.717) is 17.4 Å². The normalized spacial score (nSPS) is 15.0. The topological polar surface area (TPSA) is 105 Å². The highest BCUT2D eigenvalue weighted by molar-refractivity contribution is 7.47. The van der Waals surface area contributed by atoms with Crippen molar-refractivity contribution < 1.29 is 32.9 Å². The highest BCUT2D eigenvalue weighted by atomic mass is 31.2. The lowest BCUT2D eigenvalue weighted by molar-refractivity contribution is -0.870. The minimum atomic E-state index is -4.35. The van der Waals surface area contributed by atoms with Gasteiger partial charge in [-0.3, -0.25) is 13.8 Å². The summed E-state index contributed by atoms with van der Waals surface area (Å²) in [5.41, 5.74) is 0. The molecule has 0 fully saturated rings. The standard InChI is InChI=1S/C56H97N2O6P/c1-6-8-10-12-14-16-18-20-21-22-23-24-25-26-27-28-29-30-31-32-33-34-35-36-37-38-40-42-44-46-48-50-56(60)57-54(53-64-65(61,62)63-52-51-58(3,4)5)55(59)49-47-45-43-41-39-19-17-15-13-11-9-7-2/h8,10,14,16,20-21,23-24,26-27,29-30,32-33,35-36,47,49,54-55,59H,6-7,9,11-13,15,17-19,22,25,28,31,34,37-46,48,50-53H2,1-5H3,(H-,57,60,61,62)/p+1/b10-8-,16-14-,21-20-,24-23-,27-26-,30-29-,33-32-,36-35-,49-47+. The van der Waals surface area contributed by atoms with Crippen LogP contribution < -0.4 is 5.32 Å². The first-order valence-electron chi connectivity index (χ1n) is 25.8. The van der Waals surface area contributed by atoms with Gasteiger partial charge in [-0.15, -0.1) is 0 Å². The number of likely N-dealkylation sites (N-methyl/N-ethyl adjacent to an activating group) is 1. The summed E-state index contributed by atoms with van der Waals surface area (Å²) in [4.78, 5) is 23.2. The van der Waals surface area contributed by atoms with E-state index in [2.05, 4.69) is 116 Å². The second-order valence-corrected chi connectivity index (χ2v) is 19.6. The van der Waals surface area contributed by atoms with Crippen LogP contribution in [0.4, 0.5) is 0 Å². The van der Waals surface area contributed by atoms with E-state index >= 15 is 0 Å². The van der Waals surface area contributed by atoms with E-state index in [9.17, 15) is 19.4 Å². The number of unbranched alkanes of at least 4 members (excludes halogenated alkanes) is 16. The molecular weight excluding hydrogens is 828 g/mol. The Hall–Kier alpha value is -2.84. The predicted molar refractivity (Wildman–Crippen MR) is 281 cm³/mol. The van der Waals surface area contributed by atoms with Crippen molar-refractivity contribution in [3.05, 3.63) is 109 Å². The lowest BCUT2D eigenvalue weighted by Gasteiger charge is -2.25. The molecule has 3 atom stereocenters. The van der Waals surface area contributed by atoms with E-state index in [0.717, 1.165) is 103 Å². The molecule has 0 aromatic heterocycles. The molecule has 0 rings (SSSR count). The van der Waals surface area contributed by atoms with Crippen molar-refractivity contribution in [1.82, 2.24) is 5.32 Å². The SMILES string of the molecule is CC/C=C\C/C=C\C/C=C\C/C=C\C/C=C\C/C=C\C/C=C\C/C=C\CCCCCCCCC(=O)NC(COP(=O)(O)OCC[N+](C)(C)C)C(O)/C=C/CCCCCCCCCCCC. The average Bonchev–Trinajstić information content (AvgIpc) is 3.26. The zero-order valence-corrected chi connectivity index (χ0v) is 43.1. The quantitative estimate of drug-likeness (QED) is 0.0243. The number of hydrogen-bond acceptors (Lipinski definition) is 5. The maximum atomic E-state index is 12.9. The van der Waals surface area contributed by atoms with Crippen molar-refractivity contribution in [2.24, 2.45) is 0 Å². The van der Waals surface area contributed by atoms with Crippen LogP contribution in [0.1, 0.15) is 187 Å². The second kappa shape index (κ2) is 46.3. The van der Waals surface area contributed by atoms with E-state index in [1.54, 1.807) is 6.08 Å². The van der Waals surface area contributed by atoms with Crippen LogP contribution in [0.5, 0.6) is 0 Å². The number of aliphatic hydroxyl groups excluding tert-OH is 1. The first kappa shape index (κ1) is 62.2. The van der Waals surface area contributed by atoms with Crippen molar-refractivity contribution in [3.63, 3.8) is 0 Å². The first-order chi connectivity index (χ1) is 31.5. The number of amides is 1. The summed E-state index contributed by atoms with van der Waals surface area (Å²) in [6.45, 7) is 4.66. The summed E-state index contributed by atoms with van der Waals surface area (Å²) < 4.78 is 23.6.